The van der Waals surface area contributed by atoms with E-state index in [0.29, 0.717) is 12.6 Å². The smallest absolute Gasteiger partial charge is 0.147 e. The summed E-state index contributed by atoms with van der Waals surface area (Å²) in [6.45, 7) is 5.42. The molecular formula is C10H20N4O. The molecule has 0 aliphatic heterocycles. The molecule has 1 aromatic heterocycles. The first-order valence-corrected chi connectivity index (χ1v) is 5.32. The van der Waals surface area contributed by atoms with Gasteiger partial charge in [0.1, 0.15) is 11.6 Å². The molecule has 0 amide bonds. The van der Waals surface area contributed by atoms with E-state index in [0.717, 1.165) is 31.1 Å². The molecule has 0 bridgehead atoms. The molecule has 0 unspecified atom stereocenters. The van der Waals surface area contributed by atoms with Crippen LogP contribution in [0.3, 0.4) is 0 Å². The fourth-order valence-electron chi connectivity index (χ4n) is 1.64. The molecule has 1 aromatic rings. The second-order valence-electron chi connectivity index (χ2n) is 3.80. The van der Waals surface area contributed by atoms with Crippen LogP contribution in [0.5, 0.6) is 0 Å². The van der Waals surface area contributed by atoms with Crippen molar-refractivity contribution in [3.8, 4) is 0 Å². The second-order valence-corrected chi connectivity index (χ2v) is 3.80. The molecule has 0 saturated heterocycles. The second kappa shape index (κ2) is 5.82. The van der Waals surface area contributed by atoms with Gasteiger partial charge in [-0.2, -0.15) is 0 Å². The summed E-state index contributed by atoms with van der Waals surface area (Å²) >= 11 is 0. The third kappa shape index (κ3) is 3.00. The first-order chi connectivity index (χ1) is 7.20. The van der Waals surface area contributed by atoms with E-state index in [9.17, 15) is 0 Å². The van der Waals surface area contributed by atoms with E-state index in [2.05, 4.69) is 28.6 Å². The van der Waals surface area contributed by atoms with Gasteiger partial charge in [0.05, 0.1) is 6.54 Å². The molecule has 15 heavy (non-hydrogen) atoms. The number of aromatic nitrogens is 3. The lowest BCUT2D eigenvalue weighted by Gasteiger charge is -2.12. The summed E-state index contributed by atoms with van der Waals surface area (Å²) < 4.78 is 7.12. The Hall–Kier alpha value is -0.940. The number of ether oxygens (including phenoxy) is 1. The maximum atomic E-state index is 5.61. The summed E-state index contributed by atoms with van der Waals surface area (Å²) in [5, 5.41) is 8.24. The molecule has 0 saturated carbocycles. The van der Waals surface area contributed by atoms with Crippen molar-refractivity contribution in [3.05, 3.63) is 11.6 Å². The average molecular weight is 212 g/mol. The summed E-state index contributed by atoms with van der Waals surface area (Å²) in [5.74, 6) is 1.86. The van der Waals surface area contributed by atoms with Gasteiger partial charge >= 0.3 is 0 Å². The SMILES string of the molecule is COCCCc1nnc(CN)n1C(C)C. The van der Waals surface area contributed by atoms with Crippen LogP contribution in [-0.4, -0.2) is 28.5 Å². The van der Waals surface area contributed by atoms with Crippen LogP contribution in [0.4, 0.5) is 0 Å². The lowest BCUT2D eigenvalue weighted by molar-refractivity contribution is 0.194. The number of rotatable bonds is 6. The van der Waals surface area contributed by atoms with Crippen LogP contribution in [-0.2, 0) is 17.7 Å². The summed E-state index contributed by atoms with van der Waals surface area (Å²) in [6, 6.07) is 0.357. The summed E-state index contributed by atoms with van der Waals surface area (Å²) in [4.78, 5) is 0. The Balaban J connectivity index is 2.73. The number of nitrogens with two attached hydrogens (primary N) is 1. The number of nitrogens with zero attached hydrogens (tertiary/aromatic N) is 3. The van der Waals surface area contributed by atoms with E-state index < -0.39 is 0 Å². The highest BCUT2D eigenvalue weighted by Gasteiger charge is 2.12. The van der Waals surface area contributed by atoms with Crippen molar-refractivity contribution in [1.82, 2.24) is 14.8 Å². The largest absolute Gasteiger partial charge is 0.385 e. The maximum Gasteiger partial charge on any atom is 0.147 e. The molecule has 0 aliphatic rings. The minimum Gasteiger partial charge on any atom is -0.385 e. The zero-order valence-electron chi connectivity index (χ0n) is 9.73. The van der Waals surface area contributed by atoms with E-state index in [4.69, 9.17) is 10.5 Å². The summed E-state index contributed by atoms with van der Waals surface area (Å²) in [7, 11) is 1.71. The van der Waals surface area contributed by atoms with Crippen LogP contribution in [0, 0.1) is 0 Å². The quantitative estimate of drug-likeness (QED) is 0.711. The highest BCUT2D eigenvalue weighted by atomic mass is 16.5. The zero-order valence-corrected chi connectivity index (χ0v) is 9.73. The molecule has 0 radical (unpaired) electrons. The van der Waals surface area contributed by atoms with Crippen LogP contribution in [0.1, 0.15) is 38.0 Å². The van der Waals surface area contributed by atoms with Crippen molar-refractivity contribution in [1.29, 1.82) is 0 Å². The van der Waals surface area contributed by atoms with Gasteiger partial charge in [-0.05, 0) is 20.3 Å². The monoisotopic (exact) mass is 212 g/mol. The normalized spacial score (nSPS) is 11.3. The van der Waals surface area contributed by atoms with Crippen LogP contribution < -0.4 is 5.73 Å². The third-order valence-electron chi connectivity index (χ3n) is 2.28. The minimum absolute atomic E-state index is 0.357. The number of hydrogen-bond donors (Lipinski definition) is 1. The lowest BCUT2D eigenvalue weighted by atomic mass is 10.3. The van der Waals surface area contributed by atoms with Crippen LogP contribution >= 0.6 is 0 Å². The Morgan fingerprint density at radius 1 is 1.33 bits per heavy atom. The number of methoxy groups -OCH3 is 1. The molecule has 5 nitrogen and oxygen atoms in total. The lowest BCUT2D eigenvalue weighted by Crippen LogP contribution is -2.13. The van der Waals surface area contributed by atoms with Crippen LogP contribution in [0.2, 0.25) is 0 Å². The highest BCUT2D eigenvalue weighted by molar-refractivity contribution is 4.97. The van der Waals surface area contributed by atoms with Gasteiger partial charge in [0.2, 0.25) is 0 Å². The minimum atomic E-state index is 0.357. The first-order valence-electron chi connectivity index (χ1n) is 5.32. The van der Waals surface area contributed by atoms with Gasteiger partial charge in [-0.25, -0.2) is 0 Å². The highest BCUT2D eigenvalue weighted by Crippen LogP contribution is 2.12. The van der Waals surface area contributed by atoms with Crippen molar-refractivity contribution in [2.75, 3.05) is 13.7 Å². The Labute approximate surface area is 90.6 Å². The maximum absolute atomic E-state index is 5.61. The third-order valence-corrected chi connectivity index (χ3v) is 2.28. The van der Waals surface area contributed by atoms with Gasteiger partial charge in [0, 0.05) is 26.2 Å². The summed E-state index contributed by atoms with van der Waals surface area (Å²) in [5.41, 5.74) is 5.61. The van der Waals surface area contributed by atoms with Gasteiger partial charge < -0.3 is 15.0 Å². The van der Waals surface area contributed by atoms with Crippen molar-refractivity contribution >= 4 is 0 Å². The summed E-state index contributed by atoms with van der Waals surface area (Å²) in [6.07, 6.45) is 1.85. The molecule has 0 aromatic carbocycles. The van der Waals surface area contributed by atoms with E-state index in [1.165, 1.54) is 0 Å². The van der Waals surface area contributed by atoms with E-state index >= 15 is 0 Å². The Morgan fingerprint density at radius 3 is 2.53 bits per heavy atom. The van der Waals surface area contributed by atoms with Crippen molar-refractivity contribution < 1.29 is 4.74 Å². The van der Waals surface area contributed by atoms with E-state index in [1.807, 2.05) is 0 Å². The molecule has 0 spiro atoms. The van der Waals surface area contributed by atoms with E-state index in [1.54, 1.807) is 7.11 Å². The molecule has 0 atom stereocenters. The first kappa shape index (κ1) is 12.1. The molecule has 1 rings (SSSR count). The molecule has 1 heterocycles. The molecule has 5 heteroatoms. The molecular weight excluding hydrogens is 192 g/mol. The fraction of sp³-hybridized carbons (Fsp3) is 0.800. The standard InChI is InChI=1S/C10H20N4O/c1-8(2)14-9(5-4-6-15-3)12-13-10(14)7-11/h8H,4-7,11H2,1-3H3. The Morgan fingerprint density at radius 2 is 2.00 bits per heavy atom. The van der Waals surface area contributed by atoms with E-state index in [-0.39, 0.29) is 0 Å². The molecule has 0 aliphatic carbocycles. The van der Waals surface area contributed by atoms with Gasteiger partial charge in [0.25, 0.3) is 0 Å². The van der Waals surface area contributed by atoms with Gasteiger partial charge in [-0.1, -0.05) is 0 Å². The van der Waals surface area contributed by atoms with Crippen LogP contribution in [0.15, 0.2) is 0 Å². The molecule has 86 valence electrons. The topological polar surface area (TPSA) is 66.0 Å². The predicted octanol–water partition coefficient (Wildman–Crippen LogP) is 0.897. The molecule has 0 fully saturated rings. The number of aryl methyl sites for hydroxylation is 1. The molecule has 2 N–H and O–H groups in total. The van der Waals surface area contributed by atoms with Gasteiger partial charge in [0.15, 0.2) is 0 Å². The van der Waals surface area contributed by atoms with Crippen molar-refractivity contribution in [3.63, 3.8) is 0 Å². The van der Waals surface area contributed by atoms with Crippen molar-refractivity contribution in [2.45, 2.75) is 39.3 Å². The fourth-order valence-corrected chi connectivity index (χ4v) is 1.64. The van der Waals surface area contributed by atoms with Gasteiger partial charge in [-0.15, -0.1) is 10.2 Å². The Bertz CT molecular complexity index is 296. The Kier molecular flexibility index (Phi) is 4.71. The number of hydrogen-bond acceptors (Lipinski definition) is 4. The average Bonchev–Trinajstić information content (AvgIpc) is 2.61. The van der Waals surface area contributed by atoms with Crippen LogP contribution in [0.25, 0.3) is 0 Å². The van der Waals surface area contributed by atoms with Gasteiger partial charge in [-0.3, -0.25) is 0 Å². The van der Waals surface area contributed by atoms with Crippen molar-refractivity contribution in [2.24, 2.45) is 5.73 Å². The zero-order chi connectivity index (χ0) is 11.3. The predicted molar refractivity (Wildman–Crippen MR) is 58.5 cm³/mol.